The van der Waals surface area contributed by atoms with Crippen molar-refractivity contribution in [3.8, 4) is 5.75 Å². The van der Waals surface area contributed by atoms with Crippen molar-refractivity contribution in [1.29, 1.82) is 0 Å². The van der Waals surface area contributed by atoms with Crippen LogP contribution >= 0.6 is 0 Å². The Balaban J connectivity index is 1.72. The van der Waals surface area contributed by atoms with Gasteiger partial charge in [0.05, 0.1) is 17.1 Å². The Morgan fingerprint density at radius 3 is 2.44 bits per heavy atom. The number of halogens is 1. The maximum absolute atomic E-state index is 13.0. The van der Waals surface area contributed by atoms with Crippen LogP contribution in [0.5, 0.6) is 5.75 Å². The van der Waals surface area contributed by atoms with Crippen molar-refractivity contribution in [1.82, 2.24) is 4.90 Å². The molecule has 1 aliphatic heterocycles. The predicted octanol–water partition coefficient (Wildman–Crippen LogP) is 2.52. The van der Waals surface area contributed by atoms with Crippen LogP contribution in [0.25, 0.3) is 0 Å². The Morgan fingerprint density at radius 2 is 1.80 bits per heavy atom. The highest BCUT2D eigenvalue weighted by atomic mass is 32.2. The summed E-state index contributed by atoms with van der Waals surface area (Å²) in [6.07, 6.45) is 0. The molecular weight excluding hydrogens is 345 g/mol. The molecule has 0 saturated carbocycles. The summed E-state index contributed by atoms with van der Waals surface area (Å²) < 4.78 is 43.4. The summed E-state index contributed by atoms with van der Waals surface area (Å²) >= 11 is 0. The number of nitrogens with zero attached hydrogens (tertiary/aromatic N) is 1. The van der Waals surface area contributed by atoms with Crippen molar-refractivity contribution in [3.63, 3.8) is 0 Å². The van der Waals surface area contributed by atoms with Gasteiger partial charge in [-0.15, -0.1) is 0 Å². The van der Waals surface area contributed by atoms with Gasteiger partial charge in [-0.25, -0.2) is 12.8 Å². The molecule has 0 aromatic heterocycles. The second-order valence-corrected chi connectivity index (χ2v) is 7.99. The predicted molar refractivity (Wildman–Crippen MR) is 90.9 cm³/mol. The molecule has 132 valence electrons. The monoisotopic (exact) mass is 363 g/mol. The number of amides is 1. The largest absolute Gasteiger partial charge is 0.493 e. The summed E-state index contributed by atoms with van der Waals surface area (Å²) in [6.45, 7) is 2.49. The number of carbonyl (C=O) groups excluding carboxylic acids is 1. The quantitative estimate of drug-likeness (QED) is 0.766. The average Bonchev–Trinajstić information content (AvgIpc) is 2.54. The molecule has 0 radical (unpaired) electrons. The number of carbonyl (C=O) groups is 1. The smallest absolute Gasteiger partial charge is 0.257 e. The van der Waals surface area contributed by atoms with E-state index in [4.69, 9.17) is 4.74 Å². The van der Waals surface area contributed by atoms with Crippen molar-refractivity contribution in [3.05, 3.63) is 59.9 Å². The molecule has 3 rings (SSSR count). The highest BCUT2D eigenvalue weighted by molar-refractivity contribution is 7.92. The minimum Gasteiger partial charge on any atom is -0.493 e. The first kappa shape index (κ1) is 17.4. The minimum atomic E-state index is -3.58. The van der Waals surface area contributed by atoms with Gasteiger partial charge in [-0.2, -0.15) is 0 Å². The summed E-state index contributed by atoms with van der Waals surface area (Å²) in [6, 6.07) is 11.6. The van der Waals surface area contributed by atoms with Gasteiger partial charge < -0.3 is 9.64 Å². The molecule has 1 saturated heterocycles. The van der Waals surface area contributed by atoms with E-state index in [1.807, 2.05) is 6.92 Å². The molecule has 2 aromatic carbocycles. The normalized spacial score (nSPS) is 14.9. The molecule has 1 aliphatic rings. The minimum absolute atomic E-state index is 0.0701. The van der Waals surface area contributed by atoms with Gasteiger partial charge in [0.25, 0.3) is 5.91 Å². The molecule has 0 bridgehead atoms. The third-order valence-electron chi connectivity index (χ3n) is 4.13. The van der Waals surface area contributed by atoms with Crippen molar-refractivity contribution >= 4 is 15.7 Å². The SMILES string of the molecule is CCOc1ccccc1C(=O)N1CC(S(=O)(=O)c2ccc(F)cc2)C1. The standard InChI is InChI=1S/C18H18FNO4S/c1-2-24-17-6-4-3-5-16(17)18(21)20-11-15(12-20)25(22,23)14-9-7-13(19)8-10-14/h3-10,15H,2,11-12H2,1H3. The van der Waals surface area contributed by atoms with Gasteiger partial charge >= 0.3 is 0 Å². The van der Waals surface area contributed by atoms with Crippen LogP contribution in [0, 0.1) is 5.82 Å². The van der Waals surface area contributed by atoms with Crippen LogP contribution in [-0.2, 0) is 9.84 Å². The highest BCUT2D eigenvalue weighted by Gasteiger charge is 2.41. The molecule has 1 heterocycles. The van der Waals surface area contributed by atoms with E-state index in [0.29, 0.717) is 17.9 Å². The molecule has 25 heavy (non-hydrogen) atoms. The zero-order chi connectivity index (χ0) is 18.0. The Kier molecular flexibility index (Phi) is 4.76. The van der Waals surface area contributed by atoms with Gasteiger partial charge in [0.15, 0.2) is 9.84 Å². The second-order valence-electron chi connectivity index (χ2n) is 5.76. The summed E-state index contributed by atoms with van der Waals surface area (Å²) in [4.78, 5) is 14.1. The first-order chi connectivity index (χ1) is 11.9. The molecule has 0 spiro atoms. The van der Waals surface area contributed by atoms with Crippen LogP contribution in [0.2, 0.25) is 0 Å². The number of rotatable bonds is 5. The zero-order valence-corrected chi connectivity index (χ0v) is 14.5. The first-order valence-electron chi connectivity index (χ1n) is 7.94. The van der Waals surface area contributed by atoms with Crippen LogP contribution < -0.4 is 4.74 Å². The fourth-order valence-corrected chi connectivity index (χ4v) is 4.36. The lowest BCUT2D eigenvalue weighted by atomic mass is 10.1. The number of para-hydroxylation sites is 1. The van der Waals surface area contributed by atoms with E-state index in [1.165, 1.54) is 17.0 Å². The lowest BCUT2D eigenvalue weighted by molar-refractivity contribution is 0.0654. The third-order valence-corrected chi connectivity index (χ3v) is 6.24. The number of hydrogen-bond acceptors (Lipinski definition) is 4. The van der Waals surface area contributed by atoms with E-state index in [1.54, 1.807) is 24.3 Å². The van der Waals surface area contributed by atoms with E-state index in [0.717, 1.165) is 12.1 Å². The molecule has 0 N–H and O–H groups in total. The Bertz CT molecular complexity index is 874. The van der Waals surface area contributed by atoms with Gasteiger partial charge in [-0.3, -0.25) is 4.79 Å². The molecule has 0 unspecified atom stereocenters. The number of sulfone groups is 1. The van der Waals surface area contributed by atoms with Crippen LogP contribution in [-0.4, -0.2) is 44.2 Å². The van der Waals surface area contributed by atoms with Crippen LogP contribution in [0.3, 0.4) is 0 Å². The van der Waals surface area contributed by atoms with Crippen LogP contribution in [0.15, 0.2) is 53.4 Å². The van der Waals surface area contributed by atoms with Crippen molar-refractivity contribution in [2.75, 3.05) is 19.7 Å². The third kappa shape index (κ3) is 3.37. The number of ether oxygens (including phenoxy) is 1. The van der Waals surface area contributed by atoms with Crippen molar-refractivity contribution in [2.45, 2.75) is 17.1 Å². The molecular formula is C18H18FNO4S. The fourth-order valence-electron chi connectivity index (χ4n) is 2.71. The van der Waals surface area contributed by atoms with E-state index >= 15 is 0 Å². The summed E-state index contributed by atoms with van der Waals surface area (Å²) in [5, 5.41) is -0.679. The van der Waals surface area contributed by atoms with Gasteiger partial charge in [-0.1, -0.05) is 12.1 Å². The van der Waals surface area contributed by atoms with Crippen LogP contribution in [0.1, 0.15) is 17.3 Å². The maximum atomic E-state index is 13.0. The fraction of sp³-hybridized carbons (Fsp3) is 0.278. The van der Waals surface area contributed by atoms with E-state index in [2.05, 4.69) is 0 Å². The second kappa shape index (κ2) is 6.84. The van der Waals surface area contributed by atoms with E-state index < -0.39 is 20.9 Å². The summed E-state index contributed by atoms with van der Waals surface area (Å²) in [5.41, 5.74) is 0.419. The lowest BCUT2D eigenvalue weighted by Gasteiger charge is -2.38. The molecule has 7 heteroatoms. The zero-order valence-electron chi connectivity index (χ0n) is 13.7. The lowest BCUT2D eigenvalue weighted by Crippen LogP contribution is -2.56. The molecule has 1 fully saturated rings. The topological polar surface area (TPSA) is 63.7 Å². The van der Waals surface area contributed by atoms with E-state index in [-0.39, 0.29) is 23.9 Å². The van der Waals surface area contributed by atoms with Gasteiger partial charge in [-0.05, 0) is 43.3 Å². The molecule has 0 atom stereocenters. The summed E-state index contributed by atoms with van der Waals surface area (Å²) in [7, 11) is -3.58. The first-order valence-corrected chi connectivity index (χ1v) is 9.48. The average molecular weight is 363 g/mol. The molecule has 1 amide bonds. The Labute approximate surface area is 145 Å². The van der Waals surface area contributed by atoms with Gasteiger partial charge in [0.1, 0.15) is 16.8 Å². The van der Waals surface area contributed by atoms with E-state index in [9.17, 15) is 17.6 Å². The maximum Gasteiger partial charge on any atom is 0.257 e. The molecule has 0 aliphatic carbocycles. The molecule has 5 nitrogen and oxygen atoms in total. The van der Waals surface area contributed by atoms with Gasteiger partial charge in [0.2, 0.25) is 0 Å². The van der Waals surface area contributed by atoms with Crippen molar-refractivity contribution in [2.24, 2.45) is 0 Å². The number of likely N-dealkylation sites (tertiary alicyclic amines) is 1. The number of benzene rings is 2. The van der Waals surface area contributed by atoms with Gasteiger partial charge in [0, 0.05) is 13.1 Å². The number of hydrogen-bond donors (Lipinski definition) is 0. The Morgan fingerprint density at radius 1 is 1.16 bits per heavy atom. The van der Waals surface area contributed by atoms with Crippen molar-refractivity contribution < 1.29 is 22.3 Å². The van der Waals surface area contributed by atoms with Crippen LogP contribution in [0.4, 0.5) is 4.39 Å². The molecule has 2 aromatic rings. The highest BCUT2D eigenvalue weighted by Crippen LogP contribution is 2.27. The summed E-state index contributed by atoms with van der Waals surface area (Å²) in [5.74, 6) is -0.258. The Hall–Kier alpha value is -2.41.